The minimum Gasteiger partial charge on any atom is -0.444 e. The predicted molar refractivity (Wildman–Crippen MR) is 101 cm³/mol. The van der Waals surface area contributed by atoms with Crippen molar-refractivity contribution >= 4 is 12.2 Å². The van der Waals surface area contributed by atoms with Crippen LogP contribution in [0.2, 0.25) is 0 Å². The van der Waals surface area contributed by atoms with Gasteiger partial charge in [0, 0.05) is 6.04 Å². The first-order chi connectivity index (χ1) is 11.2. The third-order valence-electron chi connectivity index (χ3n) is 3.28. The van der Waals surface area contributed by atoms with Gasteiger partial charge < -0.3 is 20.1 Å². The van der Waals surface area contributed by atoms with Gasteiger partial charge in [-0.25, -0.2) is 9.59 Å². The number of hydrogen-bond donors (Lipinski definition) is 2. The maximum atomic E-state index is 12.0. The summed E-state index contributed by atoms with van der Waals surface area (Å²) in [6, 6.07) is -0.283. The Labute approximate surface area is 152 Å². The maximum absolute atomic E-state index is 12.0. The van der Waals surface area contributed by atoms with Crippen LogP contribution in [0, 0.1) is 5.92 Å². The van der Waals surface area contributed by atoms with Gasteiger partial charge in [0.05, 0.1) is 6.04 Å². The zero-order valence-electron chi connectivity index (χ0n) is 17.1. The first-order valence-corrected chi connectivity index (χ1v) is 8.85. The van der Waals surface area contributed by atoms with E-state index in [0.29, 0.717) is 12.8 Å². The van der Waals surface area contributed by atoms with Crippen LogP contribution in [0.1, 0.15) is 68.2 Å². The van der Waals surface area contributed by atoms with Gasteiger partial charge in [-0.05, 0) is 60.3 Å². The van der Waals surface area contributed by atoms with Gasteiger partial charge >= 0.3 is 12.2 Å². The topological polar surface area (TPSA) is 76.7 Å². The fraction of sp³-hybridized carbons (Fsp3) is 0.789. The molecule has 0 aromatic heterocycles. The number of amides is 2. The highest BCUT2D eigenvalue weighted by Gasteiger charge is 2.23. The highest BCUT2D eigenvalue weighted by Crippen LogP contribution is 2.14. The molecule has 0 fully saturated rings. The smallest absolute Gasteiger partial charge is 0.408 e. The van der Waals surface area contributed by atoms with Crippen LogP contribution in [0.5, 0.6) is 0 Å². The van der Waals surface area contributed by atoms with Crippen molar-refractivity contribution in [3.63, 3.8) is 0 Å². The second kappa shape index (κ2) is 9.68. The molecule has 0 aliphatic heterocycles. The van der Waals surface area contributed by atoms with Gasteiger partial charge in [-0.15, -0.1) is 6.58 Å². The summed E-state index contributed by atoms with van der Waals surface area (Å²) in [6.45, 7) is 18.8. The summed E-state index contributed by atoms with van der Waals surface area (Å²) in [4.78, 5) is 23.8. The van der Waals surface area contributed by atoms with E-state index < -0.39 is 23.4 Å². The van der Waals surface area contributed by atoms with Crippen LogP contribution >= 0.6 is 0 Å². The molecule has 0 aromatic rings. The van der Waals surface area contributed by atoms with Crippen molar-refractivity contribution in [2.24, 2.45) is 5.92 Å². The molecule has 2 atom stereocenters. The molecule has 2 amide bonds. The fourth-order valence-electron chi connectivity index (χ4n) is 2.10. The van der Waals surface area contributed by atoms with Crippen LogP contribution in [0.25, 0.3) is 0 Å². The first kappa shape index (κ1) is 23.3. The Bertz CT molecular complexity index is 447. The van der Waals surface area contributed by atoms with Crippen molar-refractivity contribution in [2.75, 3.05) is 0 Å². The molecule has 0 radical (unpaired) electrons. The minimum absolute atomic E-state index is 0.0577. The average Bonchev–Trinajstić information content (AvgIpc) is 2.37. The molecular weight excluding hydrogens is 320 g/mol. The van der Waals surface area contributed by atoms with Crippen LogP contribution in [0.4, 0.5) is 9.59 Å². The molecule has 0 spiro atoms. The van der Waals surface area contributed by atoms with Gasteiger partial charge in [-0.2, -0.15) is 0 Å². The SMILES string of the molecule is C=C[C@H](CCC(NC(=O)OC(C)(C)C)C(C)C)NC(=O)OC(C)(C)C. The van der Waals surface area contributed by atoms with Crippen molar-refractivity contribution in [3.8, 4) is 0 Å². The molecule has 2 N–H and O–H groups in total. The highest BCUT2D eigenvalue weighted by molar-refractivity contribution is 5.68. The number of carbonyl (C=O) groups is 2. The zero-order valence-corrected chi connectivity index (χ0v) is 17.1. The molecule has 146 valence electrons. The van der Waals surface area contributed by atoms with Crippen molar-refractivity contribution < 1.29 is 19.1 Å². The standard InChI is InChI=1S/C19H36N2O4/c1-10-14(20-16(22)24-18(4,5)6)11-12-15(13(2)3)21-17(23)25-19(7,8)9/h10,13-15H,1,11-12H2,2-9H3,(H,20,22)(H,21,23)/t14-,15?/m1/s1. The number of carbonyl (C=O) groups excluding carboxylic acids is 2. The van der Waals surface area contributed by atoms with E-state index in [2.05, 4.69) is 17.2 Å². The van der Waals surface area contributed by atoms with E-state index in [1.807, 2.05) is 55.4 Å². The van der Waals surface area contributed by atoms with E-state index >= 15 is 0 Å². The molecule has 0 rings (SSSR count). The lowest BCUT2D eigenvalue weighted by atomic mass is 9.97. The Morgan fingerprint density at radius 3 is 1.72 bits per heavy atom. The van der Waals surface area contributed by atoms with Gasteiger partial charge in [-0.1, -0.05) is 19.9 Å². The second-order valence-electron chi connectivity index (χ2n) is 8.56. The molecule has 0 bridgehead atoms. The summed E-state index contributed by atoms with van der Waals surface area (Å²) in [5.41, 5.74) is -1.08. The van der Waals surface area contributed by atoms with Gasteiger partial charge in [0.15, 0.2) is 0 Å². The zero-order chi connectivity index (χ0) is 19.8. The number of hydrogen-bond acceptors (Lipinski definition) is 4. The van der Waals surface area contributed by atoms with E-state index in [4.69, 9.17) is 9.47 Å². The Hall–Kier alpha value is -1.72. The first-order valence-electron chi connectivity index (χ1n) is 8.85. The quantitative estimate of drug-likeness (QED) is 0.663. The summed E-state index contributed by atoms with van der Waals surface area (Å²) in [7, 11) is 0. The van der Waals surface area contributed by atoms with E-state index in [9.17, 15) is 9.59 Å². The Morgan fingerprint density at radius 2 is 1.36 bits per heavy atom. The second-order valence-corrected chi connectivity index (χ2v) is 8.56. The summed E-state index contributed by atoms with van der Waals surface area (Å²) in [5.74, 6) is 0.236. The van der Waals surface area contributed by atoms with Gasteiger partial charge in [0.2, 0.25) is 0 Å². The van der Waals surface area contributed by atoms with Gasteiger partial charge in [-0.3, -0.25) is 0 Å². The van der Waals surface area contributed by atoms with Crippen LogP contribution in [0.15, 0.2) is 12.7 Å². The molecule has 0 aliphatic rings. The lowest BCUT2D eigenvalue weighted by Gasteiger charge is -2.27. The van der Waals surface area contributed by atoms with Crippen molar-refractivity contribution in [3.05, 3.63) is 12.7 Å². The molecule has 0 aliphatic carbocycles. The average molecular weight is 357 g/mol. The normalized spacial score (nSPS) is 14.4. The third-order valence-corrected chi connectivity index (χ3v) is 3.28. The maximum Gasteiger partial charge on any atom is 0.408 e. The largest absolute Gasteiger partial charge is 0.444 e. The van der Waals surface area contributed by atoms with E-state index in [1.165, 1.54) is 0 Å². The monoisotopic (exact) mass is 356 g/mol. The van der Waals surface area contributed by atoms with Gasteiger partial charge in [0.25, 0.3) is 0 Å². The minimum atomic E-state index is -0.547. The lowest BCUT2D eigenvalue weighted by Crippen LogP contribution is -2.43. The Morgan fingerprint density at radius 1 is 0.920 bits per heavy atom. The summed E-state index contributed by atoms with van der Waals surface area (Å²) < 4.78 is 10.6. The third kappa shape index (κ3) is 12.3. The summed E-state index contributed by atoms with van der Waals surface area (Å²) in [6.07, 6.45) is 2.10. The highest BCUT2D eigenvalue weighted by atomic mass is 16.6. The van der Waals surface area contributed by atoms with Crippen molar-refractivity contribution in [1.82, 2.24) is 10.6 Å². The molecule has 0 saturated carbocycles. The van der Waals surface area contributed by atoms with Crippen LogP contribution < -0.4 is 10.6 Å². The van der Waals surface area contributed by atoms with E-state index in [-0.39, 0.29) is 18.0 Å². The molecule has 0 aromatic carbocycles. The van der Waals surface area contributed by atoms with Crippen LogP contribution in [-0.2, 0) is 9.47 Å². The number of alkyl carbamates (subject to hydrolysis) is 2. The number of ether oxygens (including phenoxy) is 2. The summed E-state index contributed by atoms with van der Waals surface area (Å²) >= 11 is 0. The Balaban J connectivity index is 4.59. The van der Waals surface area contributed by atoms with Crippen molar-refractivity contribution in [2.45, 2.75) is 91.5 Å². The van der Waals surface area contributed by atoms with E-state index in [1.54, 1.807) is 6.08 Å². The van der Waals surface area contributed by atoms with Crippen LogP contribution in [0.3, 0.4) is 0 Å². The number of rotatable bonds is 7. The molecule has 0 saturated heterocycles. The van der Waals surface area contributed by atoms with E-state index in [0.717, 1.165) is 0 Å². The number of nitrogens with one attached hydrogen (secondary N) is 2. The van der Waals surface area contributed by atoms with Crippen LogP contribution in [-0.4, -0.2) is 35.5 Å². The molecule has 6 nitrogen and oxygen atoms in total. The lowest BCUT2D eigenvalue weighted by molar-refractivity contribution is 0.0469. The summed E-state index contributed by atoms with van der Waals surface area (Å²) in [5, 5.41) is 5.69. The van der Waals surface area contributed by atoms with Crippen molar-refractivity contribution in [1.29, 1.82) is 0 Å². The fourth-order valence-corrected chi connectivity index (χ4v) is 2.10. The molecular formula is C19H36N2O4. The predicted octanol–water partition coefficient (Wildman–Crippen LogP) is 4.40. The molecule has 0 heterocycles. The molecule has 6 heteroatoms. The molecule has 25 heavy (non-hydrogen) atoms. The Kier molecular flexibility index (Phi) is 9.02. The molecule has 1 unspecified atom stereocenters. The van der Waals surface area contributed by atoms with Gasteiger partial charge in [0.1, 0.15) is 11.2 Å².